The molecule has 32 heavy (non-hydrogen) atoms. The first-order valence-electron chi connectivity index (χ1n) is 10.3. The van der Waals surface area contributed by atoms with Crippen molar-refractivity contribution >= 4 is 17.4 Å². The molecule has 1 aliphatic rings. The summed E-state index contributed by atoms with van der Waals surface area (Å²) >= 11 is 0. The molecule has 5 nitrogen and oxygen atoms in total. The quantitative estimate of drug-likeness (QED) is 0.616. The third kappa shape index (κ3) is 4.75. The molecule has 4 rings (SSSR count). The van der Waals surface area contributed by atoms with E-state index in [0.29, 0.717) is 22.4 Å². The topological polar surface area (TPSA) is 57.3 Å². The Kier molecular flexibility index (Phi) is 6.14. The van der Waals surface area contributed by atoms with Crippen LogP contribution >= 0.6 is 0 Å². The molecule has 0 spiro atoms. The third-order valence-corrected chi connectivity index (χ3v) is 5.47. The number of piperazine rings is 1. The van der Waals surface area contributed by atoms with Crippen LogP contribution in [0, 0.1) is 6.92 Å². The number of rotatable bonds is 4. The van der Waals surface area contributed by atoms with Crippen molar-refractivity contribution in [2.45, 2.75) is 13.1 Å². The number of hydrogen-bond acceptors (Lipinski definition) is 4. The van der Waals surface area contributed by atoms with Crippen molar-refractivity contribution in [2.24, 2.45) is 0 Å². The molecule has 1 aliphatic heterocycles. The fraction of sp³-hybridized carbons (Fsp3) is 0.250. The Hall–Kier alpha value is -3.39. The van der Waals surface area contributed by atoms with Gasteiger partial charge in [0, 0.05) is 31.7 Å². The zero-order valence-corrected chi connectivity index (χ0v) is 17.5. The summed E-state index contributed by atoms with van der Waals surface area (Å²) in [5, 5.41) is 6.14. The van der Waals surface area contributed by atoms with Crippen molar-refractivity contribution in [2.75, 3.05) is 36.4 Å². The highest BCUT2D eigenvalue weighted by Crippen LogP contribution is 2.33. The van der Waals surface area contributed by atoms with Crippen LogP contribution < -0.4 is 15.5 Å². The molecule has 0 aliphatic carbocycles. The summed E-state index contributed by atoms with van der Waals surface area (Å²) in [6, 6.07) is 13.8. The van der Waals surface area contributed by atoms with Gasteiger partial charge in [-0.1, -0.05) is 24.3 Å². The first kappa shape index (κ1) is 21.8. The van der Waals surface area contributed by atoms with Crippen molar-refractivity contribution in [3.63, 3.8) is 0 Å². The Morgan fingerprint density at radius 2 is 1.75 bits per heavy atom. The molecule has 0 radical (unpaired) electrons. The monoisotopic (exact) mass is 440 g/mol. The van der Waals surface area contributed by atoms with Crippen molar-refractivity contribution in [1.82, 2.24) is 10.3 Å². The van der Waals surface area contributed by atoms with E-state index in [1.807, 2.05) is 19.1 Å². The number of carbonyl (C=O) groups excluding carboxylic acids is 1. The summed E-state index contributed by atoms with van der Waals surface area (Å²) in [4.78, 5) is 19.7. The number of benzene rings is 2. The van der Waals surface area contributed by atoms with Crippen LogP contribution in [0.1, 0.15) is 21.5 Å². The van der Waals surface area contributed by atoms with Gasteiger partial charge in [0.25, 0.3) is 5.91 Å². The highest BCUT2D eigenvalue weighted by molar-refractivity contribution is 6.09. The van der Waals surface area contributed by atoms with Gasteiger partial charge in [-0.15, -0.1) is 0 Å². The molecule has 1 fully saturated rings. The highest BCUT2D eigenvalue weighted by atomic mass is 19.4. The minimum absolute atomic E-state index is 0.347. The standard InChI is InChI=1S/C24H23F3N4O/c1-16-3-2-4-20(22(16)17-5-7-18(8-6-17)24(25,26)27)23(32)30-19-9-10-21(29-15-19)31-13-11-28-12-14-31/h2-10,15,28H,11-14H2,1H3,(H,30,32). The molecule has 0 unspecified atom stereocenters. The SMILES string of the molecule is Cc1cccc(C(=O)Nc2ccc(N3CCNCC3)nc2)c1-c1ccc(C(F)(F)F)cc1. The largest absolute Gasteiger partial charge is 0.416 e. The van der Waals surface area contributed by atoms with Crippen LogP contribution in [0.4, 0.5) is 24.7 Å². The summed E-state index contributed by atoms with van der Waals surface area (Å²) in [5.74, 6) is 0.505. The van der Waals surface area contributed by atoms with Crippen molar-refractivity contribution < 1.29 is 18.0 Å². The number of carbonyl (C=O) groups is 1. The minimum Gasteiger partial charge on any atom is -0.354 e. The van der Waals surface area contributed by atoms with Crippen LogP contribution in [0.25, 0.3) is 11.1 Å². The van der Waals surface area contributed by atoms with Gasteiger partial charge in [-0.25, -0.2) is 4.98 Å². The highest BCUT2D eigenvalue weighted by Gasteiger charge is 2.30. The molecule has 8 heteroatoms. The van der Waals surface area contributed by atoms with Crippen LogP contribution in [-0.4, -0.2) is 37.1 Å². The minimum atomic E-state index is -4.41. The Bertz CT molecular complexity index is 1090. The first-order valence-corrected chi connectivity index (χ1v) is 10.3. The normalized spacial score (nSPS) is 14.3. The van der Waals surface area contributed by atoms with Gasteiger partial charge in [0.1, 0.15) is 5.82 Å². The summed E-state index contributed by atoms with van der Waals surface area (Å²) in [6.07, 6.45) is -2.79. The van der Waals surface area contributed by atoms with Gasteiger partial charge in [0.2, 0.25) is 0 Å². The van der Waals surface area contributed by atoms with Crippen molar-refractivity contribution in [1.29, 1.82) is 0 Å². The van der Waals surface area contributed by atoms with Crippen LogP contribution in [0.5, 0.6) is 0 Å². The predicted octanol–water partition coefficient (Wildman–Crippen LogP) is 4.74. The smallest absolute Gasteiger partial charge is 0.354 e. The second-order valence-corrected chi connectivity index (χ2v) is 7.67. The van der Waals surface area contributed by atoms with E-state index >= 15 is 0 Å². The fourth-order valence-corrected chi connectivity index (χ4v) is 3.81. The van der Waals surface area contributed by atoms with E-state index in [9.17, 15) is 18.0 Å². The fourth-order valence-electron chi connectivity index (χ4n) is 3.81. The molecule has 1 saturated heterocycles. The molecule has 0 bridgehead atoms. The molecule has 1 aromatic heterocycles. The van der Waals surface area contributed by atoms with Crippen LogP contribution in [0.3, 0.4) is 0 Å². The zero-order chi connectivity index (χ0) is 22.7. The lowest BCUT2D eigenvalue weighted by Crippen LogP contribution is -2.43. The number of halogens is 3. The van der Waals surface area contributed by atoms with Gasteiger partial charge in [-0.05, 0) is 53.9 Å². The van der Waals surface area contributed by atoms with Crippen LogP contribution in [-0.2, 0) is 6.18 Å². The maximum absolute atomic E-state index is 13.0. The number of alkyl halides is 3. The van der Waals surface area contributed by atoms with Crippen molar-refractivity contribution in [3.05, 3.63) is 77.5 Å². The predicted molar refractivity (Wildman–Crippen MR) is 119 cm³/mol. The first-order chi connectivity index (χ1) is 15.3. The lowest BCUT2D eigenvalue weighted by molar-refractivity contribution is -0.137. The van der Waals surface area contributed by atoms with Crippen molar-refractivity contribution in [3.8, 4) is 11.1 Å². The molecule has 2 aromatic carbocycles. The van der Waals surface area contributed by atoms with Gasteiger partial charge in [0.15, 0.2) is 0 Å². The molecule has 2 heterocycles. The van der Waals surface area contributed by atoms with E-state index in [1.54, 1.807) is 24.4 Å². The summed E-state index contributed by atoms with van der Waals surface area (Å²) in [5.41, 5.74) is 2.16. The number of aromatic nitrogens is 1. The lowest BCUT2D eigenvalue weighted by Gasteiger charge is -2.28. The van der Waals surface area contributed by atoms with Crippen LogP contribution in [0.15, 0.2) is 60.8 Å². The molecule has 166 valence electrons. The molecule has 3 aromatic rings. The zero-order valence-electron chi connectivity index (χ0n) is 17.5. The molecule has 1 amide bonds. The van der Waals surface area contributed by atoms with E-state index in [1.165, 1.54) is 12.1 Å². The van der Waals surface area contributed by atoms with E-state index in [-0.39, 0.29) is 5.91 Å². The van der Waals surface area contributed by atoms with Gasteiger partial charge in [0.05, 0.1) is 17.4 Å². The number of aryl methyl sites for hydroxylation is 1. The molecular weight excluding hydrogens is 417 g/mol. The molecular formula is C24H23F3N4O. The lowest BCUT2D eigenvalue weighted by atomic mass is 9.94. The number of hydrogen-bond donors (Lipinski definition) is 2. The van der Waals surface area contributed by atoms with Gasteiger partial charge < -0.3 is 15.5 Å². The van der Waals surface area contributed by atoms with E-state index in [0.717, 1.165) is 49.7 Å². The molecule has 0 saturated carbocycles. The maximum Gasteiger partial charge on any atom is 0.416 e. The van der Waals surface area contributed by atoms with E-state index < -0.39 is 11.7 Å². The average Bonchev–Trinajstić information content (AvgIpc) is 2.79. The Morgan fingerprint density at radius 1 is 1.03 bits per heavy atom. The Balaban J connectivity index is 1.56. The van der Waals surface area contributed by atoms with Gasteiger partial charge in [-0.2, -0.15) is 13.2 Å². The third-order valence-electron chi connectivity index (χ3n) is 5.47. The molecule has 0 atom stereocenters. The number of nitrogens with one attached hydrogen (secondary N) is 2. The number of amides is 1. The van der Waals surface area contributed by atoms with E-state index in [4.69, 9.17) is 0 Å². The van der Waals surface area contributed by atoms with Gasteiger partial charge in [-0.3, -0.25) is 4.79 Å². The summed E-state index contributed by atoms with van der Waals surface area (Å²) < 4.78 is 38.8. The van der Waals surface area contributed by atoms with E-state index in [2.05, 4.69) is 20.5 Å². The second-order valence-electron chi connectivity index (χ2n) is 7.67. The summed E-state index contributed by atoms with van der Waals surface area (Å²) in [6.45, 7) is 5.38. The number of anilines is 2. The Morgan fingerprint density at radius 3 is 2.38 bits per heavy atom. The average molecular weight is 440 g/mol. The number of pyridine rings is 1. The second kappa shape index (κ2) is 9.00. The molecule has 2 N–H and O–H groups in total. The summed E-state index contributed by atoms with van der Waals surface area (Å²) in [7, 11) is 0. The maximum atomic E-state index is 13.0. The number of nitrogens with zero attached hydrogens (tertiary/aromatic N) is 2. The van der Waals surface area contributed by atoms with Gasteiger partial charge >= 0.3 is 6.18 Å². The van der Waals surface area contributed by atoms with Crippen LogP contribution in [0.2, 0.25) is 0 Å². The Labute approximate surface area is 184 Å².